The van der Waals surface area contributed by atoms with E-state index in [0.717, 1.165) is 37.2 Å². The summed E-state index contributed by atoms with van der Waals surface area (Å²) in [5, 5.41) is 7.79. The average molecular weight is 490 g/mol. The van der Waals surface area contributed by atoms with Gasteiger partial charge in [-0.2, -0.15) is 0 Å². The van der Waals surface area contributed by atoms with Gasteiger partial charge in [-0.15, -0.1) is 12.4 Å². The van der Waals surface area contributed by atoms with Gasteiger partial charge in [0.2, 0.25) is 5.91 Å². The number of likely N-dealkylation sites (tertiary alicyclic amines) is 1. The van der Waals surface area contributed by atoms with E-state index in [1.807, 2.05) is 54.6 Å². The first kappa shape index (κ1) is 25.1. The number of amides is 1. The van der Waals surface area contributed by atoms with Crippen LogP contribution < -0.4 is 10.1 Å². The number of hydrogen-bond acceptors (Lipinski definition) is 5. The van der Waals surface area contributed by atoms with Gasteiger partial charge in [0.15, 0.2) is 5.76 Å². The average Bonchev–Trinajstić information content (AvgIpc) is 3.27. The highest BCUT2D eigenvalue weighted by Crippen LogP contribution is 2.25. The normalized spacial score (nSPS) is 14.7. The van der Waals surface area contributed by atoms with Crippen molar-refractivity contribution < 1.29 is 14.1 Å². The molecule has 0 bridgehead atoms. The molecule has 176 valence electrons. The quantitative estimate of drug-likeness (QED) is 0.437. The minimum absolute atomic E-state index is 0. The minimum atomic E-state index is 0. The van der Waals surface area contributed by atoms with Gasteiger partial charge in [-0.3, -0.25) is 4.79 Å². The first-order chi connectivity index (χ1) is 15.5. The van der Waals surface area contributed by atoms with Crippen LogP contribution in [-0.4, -0.2) is 35.1 Å². The standard InChI is InChI=1S/C25H28ClN3O3.ClH/c1-17(2)29-12-10-19(11-13-29)25(30)27-21-4-3-5-23(14-21)31-16-22-15-24(32-28-22)18-6-8-20(26)9-7-18;/h3-9,14-15,17,19H,10-13,16H2,1-2H3,(H,27,30);1H. The summed E-state index contributed by atoms with van der Waals surface area (Å²) >= 11 is 5.93. The van der Waals surface area contributed by atoms with E-state index in [1.165, 1.54) is 0 Å². The monoisotopic (exact) mass is 489 g/mol. The van der Waals surface area contributed by atoms with E-state index in [2.05, 4.69) is 29.2 Å². The number of benzene rings is 2. The second-order valence-corrected chi connectivity index (χ2v) is 8.84. The summed E-state index contributed by atoms with van der Waals surface area (Å²) in [6, 6.07) is 17.2. The predicted octanol–water partition coefficient (Wildman–Crippen LogP) is 6.05. The molecule has 6 nitrogen and oxygen atoms in total. The molecule has 1 fully saturated rings. The molecule has 1 amide bonds. The summed E-state index contributed by atoms with van der Waals surface area (Å²) in [5.41, 5.74) is 2.32. The fourth-order valence-electron chi connectivity index (χ4n) is 3.87. The number of hydrogen-bond donors (Lipinski definition) is 1. The highest BCUT2D eigenvalue weighted by Gasteiger charge is 2.26. The minimum Gasteiger partial charge on any atom is -0.487 e. The van der Waals surface area contributed by atoms with E-state index in [9.17, 15) is 4.79 Å². The maximum Gasteiger partial charge on any atom is 0.227 e. The van der Waals surface area contributed by atoms with Crippen molar-refractivity contribution in [1.29, 1.82) is 0 Å². The Labute approximate surface area is 205 Å². The van der Waals surface area contributed by atoms with Crippen LogP contribution >= 0.6 is 24.0 Å². The highest BCUT2D eigenvalue weighted by molar-refractivity contribution is 6.30. The molecule has 0 unspecified atom stereocenters. The number of anilines is 1. The second kappa shape index (κ2) is 11.5. The van der Waals surface area contributed by atoms with E-state index in [1.54, 1.807) is 0 Å². The van der Waals surface area contributed by atoms with Crippen molar-refractivity contribution in [3.63, 3.8) is 0 Å². The number of carbonyl (C=O) groups excluding carboxylic acids is 1. The van der Waals surface area contributed by atoms with Crippen molar-refractivity contribution in [2.45, 2.75) is 39.3 Å². The molecule has 4 rings (SSSR count). The summed E-state index contributed by atoms with van der Waals surface area (Å²) in [7, 11) is 0. The Morgan fingerprint density at radius 2 is 1.91 bits per heavy atom. The maximum absolute atomic E-state index is 12.7. The van der Waals surface area contributed by atoms with Gasteiger partial charge in [-0.05, 0) is 76.2 Å². The highest BCUT2D eigenvalue weighted by atomic mass is 35.5. The fraction of sp³-hybridized carbons (Fsp3) is 0.360. The van der Waals surface area contributed by atoms with Crippen LogP contribution in [0.25, 0.3) is 11.3 Å². The molecule has 0 radical (unpaired) electrons. The van der Waals surface area contributed by atoms with Crippen molar-refractivity contribution >= 4 is 35.6 Å². The third-order valence-corrected chi connectivity index (χ3v) is 6.06. The lowest BCUT2D eigenvalue weighted by Gasteiger charge is -2.33. The van der Waals surface area contributed by atoms with Crippen LogP contribution in [-0.2, 0) is 11.4 Å². The van der Waals surface area contributed by atoms with E-state index in [0.29, 0.717) is 28.3 Å². The van der Waals surface area contributed by atoms with Crippen molar-refractivity contribution in [1.82, 2.24) is 10.1 Å². The second-order valence-electron chi connectivity index (χ2n) is 8.40. The number of aromatic nitrogens is 1. The summed E-state index contributed by atoms with van der Waals surface area (Å²) in [5.74, 6) is 1.45. The lowest BCUT2D eigenvalue weighted by Crippen LogP contribution is -2.41. The van der Waals surface area contributed by atoms with Crippen molar-refractivity contribution in [3.05, 3.63) is 65.3 Å². The molecule has 0 saturated carbocycles. The third kappa shape index (κ3) is 6.73. The SMILES string of the molecule is CC(C)N1CCC(C(=O)Nc2cccc(OCc3cc(-c4ccc(Cl)cc4)on3)c2)CC1.Cl. The summed E-state index contributed by atoms with van der Waals surface area (Å²) < 4.78 is 11.3. The number of nitrogens with zero attached hydrogens (tertiary/aromatic N) is 2. The van der Waals surface area contributed by atoms with Crippen LogP contribution in [0.15, 0.2) is 59.1 Å². The molecule has 1 saturated heterocycles. The molecule has 0 atom stereocenters. The summed E-state index contributed by atoms with van der Waals surface area (Å²) in [4.78, 5) is 15.1. The zero-order valence-corrected chi connectivity index (χ0v) is 20.4. The zero-order chi connectivity index (χ0) is 22.5. The Kier molecular flexibility index (Phi) is 8.78. The van der Waals surface area contributed by atoms with Gasteiger partial charge in [0.05, 0.1) is 0 Å². The largest absolute Gasteiger partial charge is 0.487 e. The van der Waals surface area contributed by atoms with Crippen LogP contribution in [0.4, 0.5) is 5.69 Å². The van der Waals surface area contributed by atoms with Crippen molar-refractivity contribution in [2.24, 2.45) is 5.92 Å². The molecular weight excluding hydrogens is 461 g/mol. The van der Waals surface area contributed by atoms with Crippen LogP contribution in [0.2, 0.25) is 5.02 Å². The van der Waals surface area contributed by atoms with Gasteiger partial charge in [0.25, 0.3) is 0 Å². The van der Waals surface area contributed by atoms with Gasteiger partial charge in [-0.25, -0.2) is 0 Å². The Morgan fingerprint density at radius 1 is 1.18 bits per heavy atom. The van der Waals surface area contributed by atoms with Gasteiger partial charge in [0.1, 0.15) is 18.1 Å². The van der Waals surface area contributed by atoms with Crippen molar-refractivity contribution in [2.75, 3.05) is 18.4 Å². The summed E-state index contributed by atoms with van der Waals surface area (Å²) in [6.07, 6.45) is 1.78. The first-order valence-electron chi connectivity index (χ1n) is 11.0. The number of nitrogens with one attached hydrogen (secondary N) is 1. The van der Waals surface area contributed by atoms with Crippen LogP contribution in [0.5, 0.6) is 5.75 Å². The number of rotatable bonds is 7. The molecule has 0 spiro atoms. The lowest BCUT2D eigenvalue weighted by atomic mass is 9.95. The number of piperidine rings is 1. The number of ether oxygens (including phenoxy) is 1. The Morgan fingerprint density at radius 3 is 2.61 bits per heavy atom. The van der Waals surface area contributed by atoms with E-state index in [-0.39, 0.29) is 30.8 Å². The van der Waals surface area contributed by atoms with Crippen LogP contribution in [0, 0.1) is 5.92 Å². The summed E-state index contributed by atoms with van der Waals surface area (Å²) in [6.45, 7) is 6.60. The molecule has 3 aromatic rings. The maximum atomic E-state index is 12.7. The van der Waals surface area contributed by atoms with Gasteiger partial charge in [-0.1, -0.05) is 22.8 Å². The lowest BCUT2D eigenvalue weighted by molar-refractivity contribution is -0.121. The molecule has 8 heteroatoms. The van der Waals surface area contributed by atoms with Crippen LogP contribution in [0.3, 0.4) is 0 Å². The zero-order valence-electron chi connectivity index (χ0n) is 18.8. The number of halogens is 2. The van der Waals surface area contributed by atoms with E-state index in [4.69, 9.17) is 20.9 Å². The van der Waals surface area contributed by atoms with Gasteiger partial charge >= 0.3 is 0 Å². The van der Waals surface area contributed by atoms with E-state index >= 15 is 0 Å². The first-order valence-corrected chi connectivity index (χ1v) is 11.3. The third-order valence-electron chi connectivity index (χ3n) is 5.81. The molecular formula is C25H29Cl2N3O3. The van der Waals surface area contributed by atoms with Crippen molar-refractivity contribution in [3.8, 4) is 17.1 Å². The molecule has 1 N–H and O–H groups in total. The molecule has 0 aliphatic carbocycles. The predicted molar refractivity (Wildman–Crippen MR) is 133 cm³/mol. The molecule has 1 aliphatic rings. The molecule has 2 aromatic carbocycles. The smallest absolute Gasteiger partial charge is 0.227 e. The molecule has 1 aromatic heterocycles. The number of carbonyl (C=O) groups is 1. The van der Waals surface area contributed by atoms with Crippen LogP contribution in [0.1, 0.15) is 32.4 Å². The molecule has 1 aliphatic heterocycles. The topological polar surface area (TPSA) is 67.6 Å². The molecule has 2 heterocycles. The molecule has 33 heavy (non-hydrogen) atoms. The Bertz CT molecular complexity index is 1050. The van der Waals surface area contributed by atoms with E-state index < -0.39 is 0 Å². The van der Waals surface area contributed by atoms with Gasteiger partial charge in [0, 0.05) is 40.4 Å². The Hall–Kier alpha value is -2.54. The Balaban J connectivity index is 0.00000306. The fourth-order valence-corrected chi connectivity index (χ4v) is 4.00. The van der Waals surface area contributed by atoms with Gasteiger partial charge < -0.3 is 19.5 Å².